The van der Waals surface area contributed by atoms with E-state index in [9.17, 15) is 0 Å². The fourth-order valence-electron chi connectivity index (χ4n) is 1.39. The Morgan fingerprint density at radius 1 is 1.33 bits per heavy atom. The number of aromatic nitrogens is 1. The van der Waals surface area contributed by atoms with Gasteiger partial charge in [0.05, 0.1) is 5.69 Å². The number of pyridine rings is 1. The Morgan fingerprint density at radius 3 is 2.80 bits per heavy atom. The summed E-state index contributed by atoms with van der Waals surface area (Å²) in [5.41, 5.74) is 2.09. The maximum atomic E-state index is 5.66. The van der Waals surface area contributed by atoms with E-state index in [1.54, 1.807) is 0 Å². The Kier molecular flexibility index (Phi) is 5.12. The normalized spacial score (nSPS) is 10.3. The van der Waals surface area contributed by atoms with Gasteiger partial charge in [0.25, 0.3) is 0 Å². The second kappa shape index (κ2) is 6.40. The van der Waals surface area contributed by atoms with Crippen molar-refractivity contribution in [3.63, 3.8) is 0 Å². The molecule has 3 heteroatoms. The van der Waals surface area contributed by atoms with Crippen molar-refractivity contribution >= 4 is 0 Å². The summed E-state index contributed by atoms with van der Waals surface area (Å²) in [6.07, 6.45) is 0.915. The molecule has 1 rings (SSSR count). The van der Waals surface area contributed by atoms with Crippen LogP contribution < -0.4 is 10.1 Å². The summed E-state index contributed by atoms with van der Waals surface area (Å²) < 4.78 is 5.66. The van der Waals surface area contributed by atoms with Gasteiger partial charge in [0.15, 0.2) is 0 Å². The predicted octanol–water partition coefficient (Wildman–Crippen LogP) is 1.94. The molecule has 0 atom stereocenters. The van der Waals surface area contributed by atoms with Crippen LogP contribution >= 0.6 is 0 Å². The van der Waals surface area contributed by atoms with Gasteiger partial charge in [-0.3, -0.25) is 4.98 Å². The molecule has 0 aliphatic heterocycles. The number of likely N-dealkylation sites (N-methyl/N-ethyl adjacent to an activating group) is 1. The average molecular weight is 208 g/mol. The highest BCUT2D eigenvalue weighted by Crippen LogP contribution is 2.16. The molecule has 0 spiro atoms. The van der Waals surface area contributed by atoms with Crippen LogP contribution in [0, 0.1) is 6.92 Å². The van der Waals surface area contributed by atoms with Crippen LogP contribution in [0.25, 0.3) is 0 Å². The molecule has 1 aromatic heterocycles. The Labute approximate surface area is 91.9 Å². The summed E-state index contributed by atoms with van der Waals surface area (Å²) in [5.74, 6) is 0.918. The van der Waals surface area contributed by atoms with Gasteiger partial charge in [0.1, 0.15) is 12.4 Å². The number of hydrogen-bond donors (Lipinski definition) is 1. The minimum atomic E-state index is 0.700. The number of hydrogen-bond acceptors (Lipinski definition) is 3. The zero-order valence-electron chi connectivity index (χ0n) is 9.84. The lowest BCUT2D eigenvalue weighted by molar-refractivity contribution is 0.310. The molecule has 0 radical (unpaired) electrons. The number of nitrogens with zero attached hydrogens (tertiary/aromatic N) is 1. The summed E-state index contributed by atoms with van der Waals surface area (Å²) in [4.78, 5) is 4.45. The second-order valence-corrected chi connectivity index (χ2v) is 3.45. The first-order valence-corrected chi connectivity index (χ1v) is 5.58. The monoisotopic (exact) mass is 208 g/mol. The number of aryl methyl sites for hydroxylation is 2. The Morgan fingerprint density at radius 2 is 2.13 bits per heavy atom. The fourth-order valence-corrected chi connectivity index (χ4v) is 1.39. The molecule has 3 nitrogen and oxygen atoms in total. The SMILES string of the molecule is CCNCCOc1ccc(C)nc1CC. The molecule has 0 aliphatic carbocycles. The summed E-state index contributed by atoms with van der Waals surface area (Å²) >= 11 is 0. The van der Waals surface area contributed by atoms with Crippen LogP contribution in [-0.2, 0) is 6.42 Å². The van der Waals surface area contributed by atoms with Gasteiger partial charge in [-0.05, 0) is 32.0 Å². The molecule has 1 N–H and O–H groups in total. The van der Waals surface area contributed by atoms with Crippen LogP contribution in [0.5, 0.6) is 5.75 Å². The molecule has 1 aromatic rings. The molecule has 1 heterocycles. The molecule has 0 aromatic carbocycles. The highest BCUT2D eigenvalue weighted by Gasteiger charge is 2.03. The van der Waals surface area contributed by atoms with Crippen molar-refractivity contribution in [1.82, 2.24) is 10.3 Å². The third kappa shape index (κ3) is 3.88. The molecular formula is C12H20N2O. The van der Waals surface area contributed by atoms with Gasteiger partial charge in [0, 0.05) is 12.2 Å². The largest absolute Gasteiger partial charge is 0.490 e. The van der Waals surface area contributed by atoms with Crippen LogP contribution in [0.4, 0.5) is 0 Å². The van der Waals surface area contributed by atoms with Gasteiger partial charge in [-0.15, -0.1) is 0 Å². The standard InChI is InChI=1S/C12H20N2O/c1-4-11-12(7-6-10(3)14-11)15-9-8-13-5-2/h6-7,13H,4-5,8-9H2,1-3H3. The highest BCUT2D eigenvalue weighted by atomic mass is 16.5. The van der Waals surface area contributed by atoms with E-state index in [-0.39, 0.29) is 0 Å². The lowest BCUT2D eigenvalue weighted by Crippen LogP contribution is -2.20. The van der Waals surface area contributed by atoms with Crippen molar-refractivity contribution in [2.45, 2.75) is 27.2 Å². The fraction of sp³-hybridized carbons (Fsp3) is 0.583. The summed E-state index contributed by atoms with van der Waals surface area (Å²) in [7, 11) is 0. The molecule has 0 saturated carbocycles. The van der Waals surface area contributed by atoms with Crippen LogP contribution in [0.2, 0.25) is 0 Å². The van der Waals surface area contributed by atoms with Crippen molar-refractivity contribution in [2.24, 2.45) is 0 Å². The van der Waals surface area contributed by atoms with Crippen LogP contribution in [0.3, 0.4) is 0 Å². The van der Waals surface area contributed by atoms with Crippen molar-refractivity contribution in [1.29, 1.82) is 0 Å². The van der Waals surface area contributed by atoms with Crippen molar-refractivity contribution in [2.75, 3.05) is 19.7 Å². The van der Waals surface area contributed by atoms with Gasteiger partial charge in [-0.2, -0.15) is 0 Å². The zero-order chi connectivity index (χ0) is 11.1. The lowest BCUT2D eigenvalue weighted by atomic mass is 10.2. The molecule has 0 aliphatic rings. The number of nitrogens with one attached hydrogen (secondary N) is 1. The molecule has 0 amide bonds. The second-order valence-electron chi connectivity index (χ2n) is 3.45. The van der Waals surface area contributed by atoms with E-state index in [0.29, 0.717) is 6.61 Å². The molecule has 0 bridgehead atoms. The van der Waals surface area contributed by atoms with Gasteiger partial charge < -0.3 is 10.1 Å². The van der Waals surface area contributed by atoms with Crippen LogP contribution in [0.1, 0.15) is 25.2 Å². The molecular weight excluding hydrogens is 188 g/mol. The zero-order valence-corrected chi connectivity index (χ0v) is 9.84. The topological polar surface area (TPSA) is 34.1 Å². The molecule has 0 saturated heterocycles. The first kappa shape index (κ1) is 12.0. The van der Waals surface area contributed by atoms with E-state index >= 15 is 0 Å². The van der Waals surface area contributed by atoms with Crippen LogP contribution in [-0.4, -0.2) is 24.7 Å². The van der Waals surface area contributed by atoms with E-state index in [1.807, 2.05) is 19.1 Å². The lowest BCUT2D eigenvalue weighted by Gasteiger charge is -2.10. The molecule has 0 fully saturated rings. The predicted molar refractivity (Wildman–Crippen MR) is 62.4 cm³/mol. The summed E-state index contributed by atoms with van der Waals surface area (Å²) in [6.45, 7) is 8.75. The van der Waals surface area contributed by atoms with Gasteiger partial charge in [-0.1, -0.05) is 13.8 Å². The first-order valence-electron chi connectivity index (χ1n) is 5.58. The van der Waals surface area contributed by atoms with E-state index in [1.165, 1.54) is 0 Å². The third-order valence-electron chi connectivity index (χ3n) is 2.19. The highest BCUT2D eigenvalue weighted by molar-refractivity contribution is 5.29. The molecule has 15 heavy (non-hydrogen) atoms. The van der Waals surface area contributed by atoms with Crippen molar-refractivity contribution < 1.29 is 4.74 Å². The third-order valence-corrected chi connectivity index (χ3v) is 2.19. The number of ether oxygens (including phenoxy) is 1. The molecule has 84 valence electrons. The minimum Gasteiger partial charge on any atom is -0.490 e. The van der Waals surface area contributed by atoms with Crippen molar-refractivity contribution in [3.8, 4) is 5.75 Å². The smallest absolute Gasteiger partial charge is 0.140 e. The summed E-state index contributed by atoms with van der Waals surface area (Å²) in [5, 5.41) is 3.22. The number of rotatable bonds is 6. The van der Waals surface area contributed by atoms with Crippen LogP contribution in [0.15, 0.2) is 12.1 Å². The van der Waals surface area contributed by atoms with E-state index in [0.717, 1.165) is 36.6 Å². The van der Waals surface area contributed by atoms with E-state index in [4.69, 9.17) is 4.74 Å². The minimum absolute atomic E-state index is 0.700. The Balaban J connectivity index is 2.52. The van der Waals surface area contributed by atoms with Gasteiger partial charge in [0.2, 0.25) is 0 Å². The van der Waals surface area contributed by atoms with E-state index < -0.39 is 0 Å². The Hall–Kier alpha value is -1.09. The average Bonchev–Trinajstić information content (AvgIpc) is 2.26. The molecule has 0 unspecified atom stereocenters. The van der Waals surface area contributed by atoms with Gasteiger partial charge >= 0.3 is 0 Å². The first-order chi connectivity index (χ1) is 7.27. The Bertz CT molecular complexity index is 300. The quantitative estimate of drug-likeness (QED) is 0.725. The van der Waals surface area contributed by atoms with Gasteiger partial charge in [-0.25, -0.2) is 0 Å². The summed E-state index contributed by atoms with van der Waals surface area (Å²) in [6, 6.07) is 3.99. The maximum absolute atomic E-state index is 5.66. The van der Waals surface area contributed by atoms with Crippen molar-refractivity contribution in [3.05, 3.63) is 23.5 Å². The maximum Gasteiger partial charge on any atom is 0.140 e. The van der Waals surface area contributed by atoms with E-state index in [2.05, 4.69) is 24.1 Å².